The zero-order valence-electron chi connectivity index (χ0n) is 9.09. The van der Waals surface area contributed by atoms with Crippen LogP contribution in [0.1, 0.15) is 26.7 Å². The lowest BCUT2D eigenvalue weighted by atomic mass is 9.80. The summed E-state index contributed by atoms with van der Waals surface area (Å²) in [4.78, 5) is 0. The molecule has 0 spiro atoms. The highest BCUT2D eigenvalue weighted by Crippen LogP contribution is 2.34. The Morgan fingerprint density at radius 1 is 1.36 bits per heavy atom. The lowest BCUT2D eigenvalue weighted by Crippen LogP contribution is -2.11. The Hall–Kier alpha value is -1.04. The summed E-state index contributed by atoms with van der Waals surface area (Å²) >= 11 is 0. The predicted molar refractivity (Wildman–Crippen MR) is 62.0 cm³/mol. The van der Waals surface area contributed by atoms with Gasteiger partial charge in [-0.15, -0.1) is 0 Å². The number of rotatable bonds is 1. The second-order valence-electron chi connectivity index (χ2n) is 4.66. The molecule has 2 aliphatic rings. The molecule has 0 heterocycles. The van der Waals surface area contributed by atoms with E-state index in [0.717, 1.165) is 18.3 Å². The highest BCUT2D eigenvalue weighted by molar-refractivity contribution is 5.50. The van der Waals surface area contributed by atoms with Crippen molar-refractivity contribution in [2.45, 2.75) is 26.7 Å². The van der Waals surface area contributed by atoms with Crippen LogP contribution in [0.3, 0.4) is 0 Å². The number of allylic oxidation sites excluding steroid dienone is 7. The predicted octanol–water partition coefficient (Wildman–Crippen LogP) is 4.03. The largest absolute Gasteiger partial charge is 0.0955 e. The van der Waals surface area contributed by atoms with Crippen molar-refractivity contribution in [3.63, 3.8) is 0 Å². The molecular formula is C14H18. The van der Waals surface area contributed by atoms with Crippen LogP contribution in [0.2, 0.25) is 0 Å². The molecule has 0 N–H and O–H groups in total. The molecule has 0 aromatic heterocycles. The van der Waals surface area contributed by atoms with Crippen LogP contribution in [0.5, 0.6) is 0 Å². The first-order valence-corrected chi connectivity index (χ1v) is 5.44. The maximum Gasteiger partial charge on any atom is -0.00290 e. The second-order valence-corrected chi connectivity index (χ2v) is 4.66. The van der Waals surface area contributed by atoms with Gasteiger partial charge in [0.15, 0.2) is 0 Å². The Morgan fingerprint density at radius 3 is 2.86 bits per heavy atom. The summed E-state index contributed by atoms with van der Waals surface area (Å²) in [5.41, 5.74) is 4.15. The molecule has 74 valence electrons. The van der Waals surface area contributed by atoms with Crippen molar-refractivity contribution in [3.05, 3.63) is 47.6 Å². The molecule has 1 unspecified atom stereocenters. The topological polar surface area (TPSA) is 0 Å². The average molecular weight is 186 g/mol. The zero-order chi connectivity index (χ0) is 10.1. The van der Waals surface area contributed by atoms with E-state index in [1.165, 1.54) is 23.1 Å². The molecular weight excluding hydrogens is 168 g/mol. The van der Waals surface area contributed by atoms with Crippen LogP contribution < -0.4 is 0 Å². The van der Waals surface area contributed by atoms with Crippen molar-refractivity contribution in [3.8, 4) is 0 Å². The van der Waals surface area contributed by atoms with E-state index < -0.39 is 0 Å². The average Bonchev–Trinajstić information content (AvgIpc) is 2.16. The summed E-state index contributed by atoms with van der Waals surface area (Å²) in [6.07, 6.45) is 11.4. The fraction of sp³-hybridized carbons (Fsp3) is 0.429. The number of hydrogen-bond donors (Lipinski definition) is 0. The molecule has 0 bridgehead atoms. The van der Waals surface area contributed by atoms with Crippen LogP contribution in [-0.2, 0) is 0 Å². The summed E-state index contributed by atoms with van der Waals surface area (Å²) in [5, 5.41) is 0. The molecule has 0 saturated carbocycles. The van der Waals surface area contributed by atoms with Crippen molar-refractivity contribution in [1.29, 1.82) is 0 Å². The Kier molecular flexibility index (Phi) is 2.45. The van der Waals surface area contributed by atoms with E-state index >= 15 is 0 Å². The molecule has 0 amide bonds. The van der Waals surface area contributed by atoms with E-state index in [2.05, 4.69) is 44.7 Å². The Balaban J connectivity index is 2.26. The van der Waals surface area contributed by atoms with Gasteiger partial charge in [0, 0.05) is 0 Å². The van der Waals surface area contributed by atoms with Gasteiger partial charge in [0.25, 0.3) is 0 Å². The van der Waals surface area contributed by atoms with Crippen LogP contribution in [0.4, 0.5) is 0 Å². The smallest absolute Gasteiger partial charge is 0.00290 e. The molecule has 0 heteroatoms. The normalized spacial score (nSPS) is 25.9. The summed E-state index contributed by atoms with van der Waals surface area (Å²) in [7, 11) is 0. The van der Waals surface area contributed by atoms with Crippen molar-refractivity contribution < 1.29 is 0 Å². The van der Waals surface area contributed by atoms with E-state index in [4.69, 9.17) is 0 Å². The van der Waals surface area contributed by atoms with Gasteiger partial charge < -0.3 is 0 Å². The molecule has 0 nitrogen and oxygen atoms in total. The molecule has 0 aromatic carbocycles. The first kappa shape index (κ1) is 9.51. The van der Waals surface area contributed by atoms with Crippen LogP contribution in [-0.4, -0.2) is 0 Å². The molecule has 1 atom stereocenters. The van der Waals surface area contributed by atoms with Gasteiger partial charge in [-0.3, -0.25) is 0 Å². The minimum atomic E-state index is 0.727. The van der Waals surface area contributed by atoms with Crippen molar-refractivity contribution in [1.82, 2.24) is 0 Å². The van der Waals surface area contributed by atoms with Gasteiger partial charge in [0.1, 0.15) is 0 Å². The Morgan fingerprint density at radius 2 is 2.14 bits per heavy atom. The highest BCUT2D eigenvalue weighted by atomic mass is 14.2. The fourth-order valence-corrected chi connectivity index (χ4v) is 2.11. The minimum absolute atomic E-state index is 0.727. The van der Waals surface area contributed by atoms with E-state index in [1.807, 2.05) is 0 Å². The lowest BCUT2D eigenvalue weighted by Gasteiger charge is -2.25. The van der Waals surface area contributed by atoms with Crippen LogP contribution in [0.15, 0.2) is 47.6 Å². The molecule has 2 aliphatic carbocycles. The lowest BCUT2D eigenvalue weighted by molar-refractivity contribution is 0.463. The highest BCUT2D eigenvalue weighted by Gasteiger charge is 2.18. The van der Waals surface area contributed by atoms with Crippen LogP contribution in [0, 0.1) is 11.8 Å². The standard InChI is InChI=1S/C14H18/c1-10(2)12-6-7-13-8-11(3)4-5-14(13)9-12/h4-5,7,9-10,12H,3,6,8H2,1-2H3. The van der Waals surface area contributed by atoms with Gasteiger partial charge in [0.2, 0.25) is 0 Å². The maximum absolute atomic E-state index is 4.00. The van der Waals surface area contributed by atoms with Gasteiger partial charge in [-0.05, 0) is 35.8 Å². The summed E-state index contributed by atoms with van der Waals surface area (Å²) in [6, 6.07) is 0. The summed E-state index contributed by atoms with van der Waals surface area (Å²) in [5.74, 6) is 1.48. The number of fused-ring (bicyclic) bond motifs is 1. The maximum atomic E-state index is 4.00. The van der Waals surface area contributed by atoms with E-state index in [1.54, 1.807) is 0 Å². The van der Waals surface area contributed by atoms with Crippen molar-refractivity contribution in [2.24, 2.45) is 11.8 Å². The molecule has 0 aromatic rings. The number of hydrogen-bond acceptors (Lipinski definition) is 0. The van der Waals surface area contributed by atoms with E-state index in [9.17, 15) is 0 Å². The fourth-order valence-electron chi connectivity index (χ4n) is 2.11. The third-order valence-corrected chi connectivity index (χ3v) is 3.17. The monoisotopic (exact) mass is 186 g/mol. The summed E-state index contributed by atoms with van der Waals surface area (Å²) in [6.45, 7) is 8.60. The SMILES string of the molecule is C=C1C=CC2=CC(C(C)C)CC=C2C1. The van der Waals surface area contributed by atoms with Crippen LogP contribution in [0.25, 0.3) is 0 Å². The zero-order valence-corrected chi connectivity index (χ0v) is 9.09. The van der Waals surface area contributed by atoms with E-state index in [0.29, 0.717) is 0 Å². The molecule has 0 saturated heterocycles. The molecule has 14 heavy (non-hydrogen) atoms. The van der Waals surface area contributed by atoms with Crippen molar-refractivity contribution >= 4 is 0 Å². The quantitative estimate of drug-likeness (QED) is 0.580. The van der Waals surface area contributed by atoms with Gasteiger partial charge in [-0.2, -0.15) is 0 Å². The second kappa shape index (κ2) is 3.61. The minimum Gasteiger partial charge on any atom is -0.0955 e. The Bertz CT molecular complexity index is 337. The Labute approximate surface area is 86.7 Å². The molecule has 0 aliphatic heterocycles. The molecule has 0 radical (unpaired) electrons. The van der Waals surface area contributed by atoms with Crippen molar-refractivity contribution in [2.75, 3.05) is 0 Å². The third-order valence-electron chi connectivity index (χ3n) is 3.17. The van der Waals surface area contributed by atoms with Gasteiger partial charge in [0.05, 0.1) is 0 Å². The van der Waals surface area contributed by atoms with Gasteiger partial charge in [-0.1, -0.05) is 50.3 Å². The summed E-state index contributed by atoms with van der Waals surface area (Å²) < 4.78 is 0. The van der Waals surface area contributed by atoms with E-state index in [-0.39, 0.29) is 0 Å². The first-order valence-electron chi connectivity index (χ1n) is 5.44. The third kappa shape index (κ3) is 1.75. The first-order chi connectivity index (χ1) is 6.66. The van der Waals surface area contributed by atoms with Gasteiger partial charge >= 0.3 is 0 Å². The van der Waals surface area contributed by atoms with Crippen LogP contribution >= 0.6 is 0 Å². The van der Waals surface area contributed by atoms with Gasteiger partial charge in [-0.25, -0.2) is 0 Å². The molecule has 0 fully saturated rings. The molecule has 2 rings (SSSR count).